The highest BCUT2D eigenvalue weighted by Crippen LogP contribution is 2.36. The minimum atomic E-state index is -2.95. The molecular weight excluding hydrogens is 336 g/mol. The number of hydrogen-bond acceptors (Lipinski definition) is 4. The molecule has 0 aromatic heterocycles. The molecule has 0 saturated heterocycles. The molecule has 0 unspecified atom stereocenters. The molecule has 7 heteroatoms. The average molecular weight is 351 g/mol. The van der Waals surface area contributed by atoms with Crippen molar-refractivity contribution in [2.24, 2.45) is 0 Å². The molecule has 0 bridgehead atoms. The molecular formula is C17H15F2NO3S. The summed E-state index contributed by atoms with van der Waals surface area (Å²) in [6.07, 6.45) is 0. The molecule has 126 valence electrons. The Morgan fingerprint density at radius 1 is 1.21 bits per heavy atom. The van der Waals surface area contributed by atoms with Crippen LogP contribution in [0.5, 0.6) is 11.5 Å². The number of anilines is 1. The molecule has 2 aromatic rings. The van der Waals surface area contributed by atoms with E-state index in [1.807, 2.05) is 24.3 Å². The Labute approximate surface area is 142 Å². The van der Waals surface area contributed by atoms with Crippen LogP contribution in [0.15, 0.2) is 47.4 Å². The van der Waals surface area contributed by atoms with E-state index in [0.29, 0.717) is 12.1 Å². The number of carbonyl (C=O) groups excluding carboxylic acids is 1. The van der Waals surface area contributed by atoms with Crippen molar-refractivity contribution in [1.82, 2.24) is 0 Å². The number of fused-ring (bicyclic) bond motifs is 1. The van der Waals surface area contributed by atoms with Gasteiger partial charge in [-0.15, -0.1) is 11.8 Å². The van der Waals surface area contributed by atoms with Gasteiger partial charge in [0.25, 0.3) is 5.91 Å². The second kappa shape index (κ2) is 7.09. The highest BCUT2D eigenvalue weighted by Gasteiger charge is 2.24. The molecule has 0 aliphatic carbocycles. The lowest BCUT2D eigenvalue weighted by Crippen LogP contribution is -2.35. The van der Waals surface area contributed by atoms with Gasteiger partial charge in [0.1, 0.15) is 0 Å². The van der Waals surface area contributed by atoms with E-state index in [4.69, 9.17) is 4.74 Å². The maximum Gasteiger partial charge on any atom is 0.387 e. The Morgan fingerprint density at radius 3 is 2.75 bits per heavy atom. The number of hydrogen-bond donors (Lipinski definition) is 0. The van der Waals surface area contributed by atoms with Gasteiger partial charge in [-0.1, -0.05) is 12.1 Å². The van der Waals surface area contributed by atoms with Crippen LogP contribution in [-0.4, -0.2) is 31.9 Å². The SMILES string of the molecule is COc1cc(C(=O)N2CCSc3ccccc32)ccc1OC(F)F. The number of carbonyl (C=O) groups is 1. The van der Waals surface area contributed by atoms with Crippen LogP contribution in [0.1, 0.15) is 10.4 Å². The molecule has 0 fully saturated rings. The average Bonchev–Trinajstić information content (AvgIpc) is 2.60. The number of thioether (sulfide) groups is 1. The molecule has 24 heavy (non-hydrogen) atoms. The van der Waals surface area contributed by atoms with Crippen LogP contribution in [0.4, 0.5) is 14.5 Å². The van der Waals surface area contributed by atoms with Gasteiger partial charge in [-0.25, -0.2) is 0 Å². The normalized spacial score (nSPS) is 13.6. The van der Waals surface area contributed by atoms with Crippen molar-refractivity contribution in [3.8, 4) is 11.5 Å². The van der Waals surface area contributed by atoms with E-state index < -0.39 is 6.61 Å². The van der Waals surface area contributed by atoms with Gasteiger partial charge in [0, 0.05) is 22.8 Å². The lowest BCUT2D eigenvalue weighted by Gasteiger charge is -2.29. The number of rotatable bonds is 4. The zero-order valence-corrected chi connectivity index (χ0v) is 13.7. The van der Waals surface area contributed by atoms with Crippen molar-refractivity contribution >= 4 is 23.4 Å². The van der Waals surface area contributed by atoms with Crippen molar-refractivity contribution in [2.45, 2.75) is 11.5 Å². The van der Waals surface area contributed by atoms with Gasteiger partial charge in [0.15, 0.2) is 11.5 Å². The maximum atomic E-state index is 12.8. The molecule has 0 radical (unpaired) electrons. The van der Waals surface area contributed by atoms with Crippen molar-refractivity contribution < 1.29 is 23.0 Å². The fourth-order valence-electron chi connectivity index (χ4n) is 2.53. The Kier molecular flexibility index (Phi) is 4.89. The van der Waals surface area contributed by atoms with Gasteiger partial charge in [0.2, 0.25) is 0 Å². The van der Waals surface area contributed by atoms with Gasteiger partial charge in [0.05, 0.1) is 12.8 Å². The molecule has 3 rings (SSSR count). The first-order chi connectivity index (χ1) is 11.6. The Morgan fingerprint density at radius 2 is 2.00 bits per heavy atom. The third-order valence-corrected chi connectivity index (χ3v) is 4.64. The number of alkyl halides is 2. The Bertz CT molecular complexity index is 754. The van der Waals surface area contributed by atoms with E-state index in [-0.39, 0.29) is 17.4 Å². The summed E-state index contributed by atoms with van der Waals surface area (Å²) in [5.74, 6) is 0.594. The van der Waals surface area contributed by atoms with Gasteiger partial charge in [-0.3, -0.25) is 4.79 Å². The molecule has 4 nitrogen and oxygen atoms in total. The fourth-order valence-corrected chi connectivity index (χ4v) is 3.52. The lowest BCUT2D eigenvalue weighted by molar-refractivity contribution is -0.0512. The van der Waals surface area contributed by atoms with Crippen LogP contribution in [0.25, 0.3) is 0 Å². The molecule has 0 spiro atoms. The number of methoxy groups -OCH3 is 1. The zero-order chi connectivity index (χ0) is 17.1. The molecule has 1 amide bonds. The molecule has 2 aromatic carbocycles. The predicted octanol–water partition coefficient (Wildman–Crippen LogP) is 4.05. The highest BCUT2D eigenvalue weighted by atomic mass is 32.2. The van der Waals surface area contributed by atoms with E-state index in [1.165, 1.54) is 25.3 Å². The van der Waals surface area contributed by atoms with E-state index in [9.17, 15) is 13.6 Å². The summed E-state index contributed by atoms with van der Waals surface area (Å²) in [4.78, 5) is 15.6. The summed E-state index contributed by atoms with van der Waals surface area (Å²) in [6, 6.07) is 11.9. The molecule has 0 saturated carbocycles. The van der Waals surface area contributed by atoms with Crippen LogP contribution in [0, 0.1) is 0 Å². The minimum absolute atomic E-state index is 0.0980. The predicted molar refractivity (Wildman–Crippen MR) is 88.5 cm³/mol. The second-order valence-corrected chi connectivity index (χ2v) is 6.15. The summed E-state index contributed by atoms with van der Waals surface area (Å²) in [6.45, 7) is -2.37. The molecule has 1 heterocycles. The van der Waals surface area contributed by atoms with Gasteiger partial charge in [-0.2, -0.15) is 8.78 Å². The quantitative estimate of drug-likeness (QED) is 0.833. The zero-order valence-electron chi connectivity index (χ0n) is 12.9. The van der Waals surface area contributed by atoms with Crippen LogP contribution in [-0.2, 0) is 0 Å². The van der Waals surface area contributed by atoms with Crippen LogP contribution < -0.4 is 14.4 Å². The first-order valence-corrected chi connectivity index (χ1v) is 8.25. The third kappa shape index (κ3) is 3.31. The summed E-state index contributed by atoms with van der Waals surface area (Å²) < 4.78 is 34.2. The summed E-state index contributed by atoms with van der Waals surface area (Å²) in [7, 11) is 1.34. The van der Waals surface area contributed by atoms with Crippen molar-refractivity contribution in [1.29, 1.82) is 0 Å². The van der Waals surface area contributed by atoms with E-state index in [0.717, 1.165) is 16.3 Å². The largest absolute Gasteiger partial charge is 0.493 e. The number of para-hydroxylation sites is 1. The van der Waals surface area contributed by atoms with E-state index in [1.54, 1.807) is 16.7 Å². The third-order valence-electron chi connectivity index (χ3n) is 3.60. The number of amides is 1. The smallest absolute Gasteiger partial charge is 0.387 e. The first kappa shape index (κ1) is 16.6. The molecule has 0 atom stereocenters. The maximum absolute atomic E-state index is 12.8. The monoisotopic (exact) mass is 351 g/mol. The van der Waals surface area contributed by atoms with Crippen molar-refractivity contribution in [2.75, 3.05) is 24.3 Å². The fraction of sp³-hybridized carbons (Fsp3) is 0.235. The summed E-state index contributed by atoms with van der Waals surface area (Å²) >= 11 is 1.70. The van der Waals surface area contributed by atoms with Gasteiger partial charge < -0.3 is 14.4 Å². The molecule has 0 N–H and O–H groups in total. The summed E-state index contributed by atoms with van der Waals surface area (Å²) in [5, 5.41) is 0. The van der Waals surface area contributed by atoms with Gasteiger partial charge in [-0.05, 0) is 30.3 Å². The van der Waals surface area contributed by atoms with Crippen molar-refractivity contribution in [3.63, 3.8) is 0 Å². The Balaban J connectivity index is 1.91. The van der Waals surface area contributed by atoms with Crippen LogP contribution in [0.3, 0.4) is 0 Å². The first-order valence-electron chi connectivity index (χ1n) is 7.26. The topological polar surface area (TPSA) is 38.8 Å². The van der Waals surface area contributed by atoms with Gasteiger partial charge >= 0.3 is 6.61 Å². The van der Waals surface area contributed by atoms with Crippen LogP contribution in [0.2, 0.25) is 0 Å². The van der Waals surface area contributed by atoms with Crippen LogP contribution >= 0.6 is 11.8 Å². The highest BCUT2D eigenvalue weighted by molar-refractivity contribution is 7.99. The number of ether oxygens (including phenoxy) is 2. The standard InChI is InChI=1S/C17H15F2NO3S/c1-22-14-10-11(6-7-13(14)23-17(18)19)16(21)20-8-9-24-15-5-3-2-4-12(15)20/h2-7,10,17H,8-9H2,1H3. The van der Waals surface area contributed by atoms with E-state index >= 15 is 0 Å². The summed E-state index contributed by atoms with van der Waals surface area (Å²) in [5.41, 5.74) is 1.21. The minimum Gasteiger partial charge on any atom is -0.493 e. The molecule has 1 aliphatic heterocycles. The Hall–Kier alpha value is -2.28. The second-order valence-electron chi connectivity index (χ2n) is 5.02. The molecule has 1 aliphatic rings. The number of nitrogens with zero attached hydrogens (tertiary/aromatic N) is 1. The number of benzene rings is 2. The van der Waals surface area contributed by atoms with E-state index in [2.05, 4.69) is 4.74 Å². The lowest BCUT2D eigenvalue weighted by atomic mass is 10.1. The number of halogens is 2. The van der Waals surface area contributed by atoms with Crippen molar-refractivity contribution in [3.05, 3.63) is 48.0 Å².